The molecule has 2 aromatic heterocycles. The molecule has 0 saturated carbocycles. The number of ether oxygens (including phenoxy) is 1. The molecule has 0 aliphatic rings. The number of nitrogens with one attached hydrogen (secondary N) is 1. The Hall–Kier alpha value is -3.59. The first-order chi connectivity index (χ1) is 16.9. The van der Waals surface area contributed by atoms with Gasteiger partial charge >= 0.3 is 0 Å². The summed E-state index contributed by atoms with van der Waals surface area (Å²) in [5.74, 6) is 2.47. The zero-order valence-corrected chi connectivity index (χ0v) is 21.1. The molecule has 4 aromatic rings. The van der Waals surface area contributed by atoms with E-state index in [1.807, 2.05) is 56.3 Å². The molecule has 0 spiro atoms. The van der Waals surface area contributed by atoms with Crippen LogP contribution in [0.1, 0.15) is 25.2 Å². The fourth-order valence-corrected chi connectivity index (χ4v) is 4.70. The minimum absolute atomic E-state index is 0.0525. The molecular weight excluding hydrogens is 462 g/mol. The summed E-state index contributed by atoms with van der Waals surface area (Å²) in [4.78, 5) is 13.1. The molecule has 1 amide bonds. The van der Waals surface area contributed by atoms with Crippen molar-refractivity contribution in [3.63, 3.8) is 0 Å². The topological polar surface area (TPSA) is 95.1 Å². The van der Waals surface area contributed by atoms with Gasteiger partial charge in [0.25, 0.3) is 0 Å². The van der Waals surface area contributed by atoms with E-state index >= 15 is 0 Å². The van der Waals surface area contributed by atoms with E-state index in [4.69, 9.17) is 9.26 Å². The monoisotopic (exact) mass is 491 g/mol. The van der Waals surface area contributed by atoms with Crippen LogP contribution < -0.4 is 10.1 Å². The molecule has 0 radical (unpaired) electrons. The van der Waals surface area contributed by atoms with E-state index in [9.17, 15) is 4.79 Å². The van der Waals surface area contributed by atoms with E-state index in [2.05, 4.69) is 37.4 Å². The van der Waals surface area contributed by atoms with Crippen LogP contribution in [0.4, 0.5) is 5.82 Å². The van der Waals surface area contributed by atoms with Crippen LogP contribution in [0.2, 0.25) is 0 Å². The molecular formula is C26H29N5O3S. The number of hydrogen-bond acceptors (Lipinski definition) is 7. The smallest absolute Gasteiger partial charge is 0.239 e. The molecule has 2 aromatic carbocycles. The van der Waals surface area contributed by atoms with Crippen molar-refractivity contribution in [2.45, 2.75) is 44.1 Å². The Labute approximate surface area is 209 Å². The number of hydrogen-bond donors (Lipinski definition) is 1. The SMILES string of the molecule is COc1ccc(-c2nnc(SC(C(=O)Nc3cc(C)on3)C(C)C)n2CCc2ccccc2)cc1. The number of benzene rings is 2. The molecule has 8 nitrogen and oxygen atoms in total. The van der Waals surface area contributed by atoms with Crippen LogP contribution >= 0.6 is 11.8 Å². The van der Waals surface area contributed by atoms with Gasteiger partial charge in [0.05, 0.1) is 12.4 Å². The molecule has 0 fully saturated rings. The normalized spacial score (nSPS) is 12.0. The second kappa shape index (κ2) is 11.2. The minimum Gasteiger partial charge on any atom is -0.497 e. The van der Waals surface area contributed by atoms with Gasteiger partial charge in [-0.05, 0) is 49.1 Å². The molecule has 0 saturated heterocycles. The zero-order valence-electron chi connectivity index (χ0n) is 20.3. The standard InChI is InChI=1S/C26H29N5O3S/c1-17(2)23(25(32)27-22-16-18(3)34-30-22)35-26-29-28-24(20-10-12-21(33-4)13-11-20)31(26)15-14-19-8-6-5-7-9-19/h5-13,16-17,23H,14-15H2,1-4H3,(H,27,30,32). The Bertz CT molecular complexity index is 1250. The summed E-state index contributed by atoms with van der Waals surface area (Å²) in [5, 5.41) is 16.0. The Morgan fingerprint density at radius 1 is 1.11 bits per heavy atom. The molecule has 9 heteroatoms. The fourth-order valence-electron chi connectivity index (χ4n) is 3.65. The maximum absolute atomic E-state index is 13.1. The third kappa shape index (κ3) is 6.10. The lowest BCUT2D eigenvalue weighted by atomic mass is 10.1. The molecule has 182 valence electrons. The Kier molecular flexibility index (Phi) is 7.87. The number of anilines is 1. The van der Waals surface area contributed by atoms with Crippen molar-refractivity contribution in [1.82, 2.24) is 19.9 Å². The number of rotatable bonds is 10. The van der Waals surface area contributed by atoms with E-state index in [0.29, 0.717) is 23.3 Å². The number of aromatic nitrogens is 4. The first-order valence-corrected chi connectivity index (χ1v) is 12.3. The van der Waals surface area contributed by atoms with E-state index < -0.39 is 5.25 Å². The largest absolute Gasteiger partial charge is 0.497 e. The van der Waals surface area contributed by atoms with Gasteiger partial charge in [-0.3, -0.25) is 4.79 Å². The first kappa shape index (κ1) is 24.5. The number of methoxy groups -OCH3 is 1. The average molecular weight is 492 g/mol. The molecule has 0 aliphatic heterocycles. The van der Waals surface area contributed by atoms with Gasteiger partial charge in [0.15, 0.2) is 16.8 Å². The minimum atomic E-state index is -0.393. The summed E-state index contributed by atoms with van der Waals surface area (Å²) in [5.41, 5.74) is 2.15. The van der Waals surface area contributed by atoms with Crippen molar-refractivity contribution in [2.75, 3.05) is 12.4 Å². The number of carbonyl (C=O) groups excluding carboxylic acids is 1. The quantitative estimate of drug-likeness (QED) is 0.303. The van der Waals surface area contributed by atoms with Gasteiger partial charge in [0.1, 0.15) is 11.5 Å². The number of aryl methyl sites for hydroxylation is 2. The molecule has 0 aliphatic carbocycles. The number of carbonyl (C=O) groups is 1. The summed E-state index contributed by atoms with van der Waals surface area (Å²) in [6, 6.07) is 19.7. The summed E-state index contributed by atoms with van der Waals surface area (Å²) in [6.45, 7) is 6.49. The van der Waals surface area contributed by atoms with Crippen LogP contribution in [0.25, 0.3) is 11.4 Å². The van der Waals surface area contributed by atoms with Crippen molar-refractivity contribution < 1.29 is 14.1 Å². The van der Waals surface area contributed by atoms with Gasteiger partial charge in [0.2, 0.25) is 5.91 Å². The van der Waals surface area contributed by atoms with Gasteiger partial charge in [-0.15, -0.1) is 10.2 Å². The molecule has 2 heterocycles. The second-order valence-corrected chi connectivity index (χ2v) is 9.63. The number of thioether (sulfide) groups is 1. The van der Waals surface area contributed by atoms with Gasteiger partial charge < -0.3 is 19.1 Å². The van der Waals surface area contributed by atoms with Crippen LogP contribution in [-0.4, -0.2) is 38.2 Å². The molecule has 1 atom stereocenters. The molecule has 1 unspecified atom stereocenters. The van der Waals surface area contributed by atoms with Crippen LogP contribution in [-0.2, 0) is 17.8 Å². The summed E-state index contributed by atoms with van der Waals surface area (Å²) < 4.78 is 12.5. The van der Waals surface area contributed by atoms with Crippen LogP contribution in [0.3, 0.4) is 0 Å². The average Bonchev–Trinajstić information content (AvgIpc) is 3.46. The Morgan fingerprint density at radius 3 is 2.49 bits per heavy atom. The van der Waals surface area contributed by atoms with E-state index in [-0.39, 0.29) is 11.8 Å². The third-order valence-electron chi connectivity index (χ3n) is 5.51. The maximum atomic E-state index is 13.1. The van der Waals surface area contributed by atoms with E-state index in [1.165, 1.54) is 17.3 Å². The second-order valence-electron chi connectivity index (χ2n) is 8.52. The van der Waals surface area contributed by atoms with Crippen LogP contribution in [0.5, 0.6) is 5.75 Å². The Morgan fingerprint density at radius 2 is 1.86 bits per heavy atom. The zero-order chi connectivity index (χ0) is 24.8. The highest BCUT2D eigenvalue weighted by Crippen LogP contribution is 2.32. The van der Waals surface area contributed by atoms with E-state index in [1.54, 1.807) is 20.1 Å². The lowest BCUT2D eigenvalue weighted by Crippen LogP contribution is -2.30. The lowest BCUT2D eigenvalue weighted by molar-refractivity contribution is -0.116. The van der Waals surface area contributed by atoms with Crippen molar-refractivity contribution >= 4 is 23.5 Å². The predicted octanol–water partition coefficient (Wildman–Crippen LogP) is 5.25. The summed E-state index contributed by atoms with van der Waals surface area (Å²) in [6.07, 6.45) is 0.812. The van der Waals surface area contributed by atoms with Crippen molar-refractivity contribution in [2.24, 2.45) is 5.92 Å². The van der Waals surface area contributed by atoms with Crippen LogP contribution in [0.15, 0.2) is 70.3 Å². The highest BCUT2D eigenvalue weighted by atomic mass is 32.2. The maximum Gasteiger partial charge on any atom is 0.239 e. The van der Waals surface area contributed by atoms with Crippen LogP contribution in [0, 0.1) is 12.8 Å². The molecule has 1 N–H and O–H groups in total. The summed E-state index contributed by atoms with van der Waals surface area (Å²) in [7, 11) is 1.64. The lowest BCUT2D eigenvalue weighted by Gasteiger charge is -2.19. The molecule has 0 bridgehead atoms. The van der Waals surface area contributed by atoms with Gasteiger partial charge in [-0.2, -0.15) is 0 Å². The fraction of sp³-hybridized carbons (Fsp3) is 0.308. The van der Waals surface area contributed by atoms with E-state index in [0.717, 1.165) is 23.6 Å². The highest BCUT2D eigenvalue weighted by molar-refractivity contribution is 8.00. The van der Waals surface area contributed by atoms with Gasteiger partial charge in [0, 0.05) is 18.2 Å². The number of amides is 1. The summed E-state index contributed by atoms with van der Waals surface area (Å²) >= 11 is 1.41. The van der Waals surface area contributed by atoms with Gasteiger partial charge in [-0.25, -0.2) is 0 Å². The third-order valence-corrected chi connectivity index (χ3v) is 7.03. The Balaban J connectivity index is 1.62. The first-order valence-electron chi connectivity index (χ1n) is 11.5. The number of nitrogens with zero attached hydrogens (tertiary/aromatic N) is 4. The van der Waals surface area contributed by atoms with Crippen molar-refractivity contribution in [3.8, 4) is 17.1 Å². The highest BCUT2D eigenvalue weighted by Gasteiger charge is 2.28. The van der Waals surface area contributed by atoms with Crippen molar-refractivity contribution in [1.29, 1.82) is 0 Å². The van der Waals surface area contributed by atoms with Crippen molar-refractivity contribution in [3.05, 3.63) is 72.0 Å². The predicted molar refractivity (Wildman–Crippen MR) is 137 cm³/mol. The van der Waals surface area contributed by atoms with Gasteiger partial charge in [-0.1, -0.05) is 61.1 Å². The molecule has 35 heavy (non-hydrogen) atoms. The molecule has 4 rings (SSSR count).